The van der Waals surface area contributed by atoms with Gasteiger partial charge in [-0.3, -0.25) is 9.59 Å². The van der Waals surface area contributed by atoms with E-state index in [4.69, 9.17) is 0 Å². The number of halogens is 6. The fourth-order valence-electron chi connectivity index (χ4n) is 3.72. The predicted octanol–water partition coefficient (Wildman–Crippen LogP) is 4.52. The van der Waals surface area contributed by atoms with Gasteiger partial charge in [0.15, 0.2) is 0 Å². The van der Waals surface area contributed by atoms with E-state index in [-0.39, 0.29) is 36.0 Å². The molecule has 0 heterocycles. The molecule has 0 saturated heterocycles. The van der Waals surface area contributed by atoms with Crippen LogP contribution in [-0.4, -0.2) is 36.5 Å². The molecule has 0 unspecified atom stereocenters. The molecule has 3 N–H and O–H groups in total. The number of benzene rings is 1. The van der Waals surface area contributed by atoms with E-state index in [1.54, 1.807) is 0 Å². The van der Waals surface area contributed by atoms with Crippen LogP contribution in [0.15, 0.2) is 18.2 Å². The van der Waals surface area contributed by atoms with Crippen molar-refractivity contribution in [3.63, 3.8) is 0 Å². The Morgan fingerprint density at radius 1 is 0.879 bits per heavy atom. The summed E-state index contributed by atoms with van der Waals surface area (Å²) in [4.78, 5) is 24.2. The van der Waals surface area contributed by atoms with Crippen LogP contribution in [0.2, 0.25) is 0 Å². The van der Waals surface area contributed by atoms with Crippen molar-refractivity contribution in [3.8, 4) is 0 Å². The van der Waals surface area contributed by atoms with Crippen molar-refractivity contribution in [2.75, 3.05) is 13.1 Å². The van der Waals surface area contributed by atoms with Crippen LogP contribution in [0, 0.1) is 5.92 Å². The zero-order valence-electron chi connectivity index (χ0n) is 18.7. The summed E-state index contributed by atoms with van der Waals surface area (Å²) in [7, 11) is 0. The fourth-order valence-corrected chi connectivity index (χ4v) is 3.72. The molecule has 1 aromatic rings. The minimum atomic E-state index is -5.01. The molecule has 1 aromatic carbocycles. The molecule has 11 heteroatoms. The van der Waals surface area contributed by atoms with Gasteiger partial charge in [-0.2, -0.15) is 26.3 Å². The van der Waals surface area contributed by atoms with Crippen molar-refractivity contribution in [3.05, 3.63) is 34.9 Å². The molecular weight excluding hydrogens is 452 g/mol. The standard InChI is InChI=1S/C22H29F6N3O2/c1-20(2,3)31-18(32)12-29-11-13-4-6-17(7-5-13)30-19(33)14-8-15(21(23,24)25)10-16(9-14)22(26,27)28/h8-10,13,17,29H,4-7,11-12H2,1-3H3,(H,30,33)(H,31,32). The molecule has 1 saturated carbocycles. The van der Waals surface area contributed by atoms with Crippen LogP contribution in [-0.2, 0) is 17.1 Å². The molecule has 0 bridgehead atoms. The number of nitrogens with one attached hydrogen (secondary N) is 3. The summed E-state index contributed by atoms with van der Waals surface area (Å²) in [5, 5.41) is 8.48. The number of hydrogen-bond donors (Lipinski definition) is 3. The van der Waals surface area contributed by atoms with E-state index in [1.165, 1.54) is 0 Å². The van der Waals surface area contributed by atoms with E-state index in [0.717, 1.165) is 0 Å². The van der Waals surface area contributed by atoms with Crippen molar-refractivity contribution < 1.29 is 35.9 Å². The Kier molecular flexibility index (Phi) is 8.42. The molecule has 1 aliphatic rings. The van der Waals surface area contributed by atoms with E-state index >= 15 is 0 Å². The Balaban J connectivity index is 1.89. The number of amides is 2. The molecule has 186 valence electrons. The highest BCUT2D eigenvalue weighted by Crippen LogP contribution is 2.36. The van der Waals surface area contributed by atoms with Gasteiger partial charge in [-0.05, 0) is 77.1 Å². The average Bonchev–Trinajstić information content (AvgIpc) is 2.66. The van der Waals surface area contributed by atoms with Crippen LogP contribution in [0.25, 0.3) is 0 Å². The zero-order valence-corrected chi connectivity index (χ0v) is 18.7. The highest BCUT2D eigenvalue weighted by molar-refractivity contribution is 5.94. The first-order valence-electron chi connectivity index (χ1n) is 10.7. The number of hydrogen-bond acceptors (Lipinski definition) is 3. The van der Waals surface area contributed by atoms with Gasteiger partial charge >= 0.3 is 12.4 Å². The third-order valence-electron chi connectivity index (χ3n) is 5.26. The Bertz CT molecular complexity index is 806. The van der Waals surface area contributed by atoms with Gasteiger partial charge in [0.25, 0.3) is 5.91 Å². The lowest BCUT2D eigenvalue weighted by atomic mass is 9.86. The first kappa shape index (κ1) is 26.9. The molecule has 2 amide bonds. The second kappa shape index (κ2) is 10.3. The van der Waals surface area contributed by atoms with Crippen LogP contribution in [0.3, 0.4) is 0 Å². The summed E-state index contributed by atoms with van der Waals surface area (Å²) in [6, 6.07) is 0.518. The van der Waals surface area contributed by atoms with Gasteiger partial charge in [-0.25, -0.2) is 0 Å². The topological polar surface area (TPSA) is 70.2 Å². The van der Waals surface area contributed by atoms with Gasteiger partial charge in [0.1, 0.15) is 0 Å². The summed E-state index contributed by atoms with van der Waals surface area (Å²) in [5.41, 5.74) is -4.04. The van der Waals surface area contributed by atoms with Crippen molar-refractivity contribution >= 4 is 11.8 Å². The van der Waals surface area contributed by atoms with Crippen molar-refractivity contribution in [1.29, 1.82) is 0 Å². The summed E-state index contributed by atoms with van der Waals surface area (Å²) in [6.07, 6.45) is -7.53. The highest BCUT2D eigenvalue weighted by atomic mass is 19.4. The lowest BCUT2D eigenvalue weighted by Crippen LogP contribution is -2.45. The molecule has 1 fully saturated rings. The fraction of sp³-hybridized carbons (Fsp3) is 0.636. The second-order valence-corrected chi connectivity index (χ2v) is 9.41. The maximum Gasteiger partial charge on any atom is 0.416 e. The summed E-state index contributed by atoms with van der Waals surface area (Å²) >= 11 is 0. The largest absolute Gasteiger partial charge is 0.416 e. The molecule has 2 rings (SSSR count). The van der Waals surface area contributed by atoms with Crippen LogP contribution in [0.5, 0.6) is 0 Å². The van der Waals surface area contributed by atoms with Crippen LogP contribution in [0.1, 0.15) is 67.9 Å². The molecule has 5 nitrogen and oxygen atoms in total. The highest BCUT2D eigenvalue weighted by Gasteiger charge is 2.37. The minimum Gasteiger partial charge on any atom is -0.350 e. The van der Waals surface area contributed by atoms with Gasteiger partial charge in [-0.1, -0.05) is 0 Å². The van der Waals surface area contributed by atoms with Crippen molar-refractivity contribution in [2.24, 2.45) is 5.92 Å². The number of rotatable bonds is 6. The SMILES string of the molecule is CC(C)(C)NC(=O)CNCC1CCC(NC(=O)c2cc(C(F)(F)F)cc(C(F)(F)F)c2)CC1. The number of alkyl halides is 6. The van der Waals surface area contributed by atoms with E-state index in [0.29, 0.717) is 44.4 Å². The Hall–Kier alpha value is -2.30. The molecule has 0 spiro atoms. The molecule has 0 atom stereocenters. The Morgan fingerprint density at radius 3 is 1.85 bits per heavy atom. The zero-order chi connectivity index (χ0) is 25.0. The molecule has 0 aromatic heterocycles. The molecular formula is C22H29F6N3O2. The monoisotopic (exact) mass is 481 g/mol. The van der Waals surface area contributed by atoms with Crippen molar-refractivity contribution in [1.82, 2.24) is 16.0 Å². The molecule has 0 aliphatic heterocycles. The molecule has 33 heavy (non-hydrogen) atoms. The Labute approximate surface area is 188 Å². The van der Waals surface area contributed by atoms with E-state index < -0.39 is 35.0 Å². The molecule has 0 radical (unpaired) electrons. The first-order chi connectivity index (χ1) is 15.0. The van der Waals surface area contributed by atoms with Gasteiger partial charge in [0.2, 0.25) is 5.91 Å². The van der Waals surface area contributed by atoms with Crippen molar-refractivity contribution in [2.45, 2.75) is 70.4 Å². The lowest BCUT2D eigenvalue weighted by Gasteiger charge is -2.29. The minimum absolute atomic E-state index is 0.00323. The maximum absolute atomic E-state index is 13.0. The van der Waals surface area contributed by atoms with Crippen LogP contribution in [0.4, 0.5) is 26.3 Å². The quantitative estimate of drug-likeness (QED) is 0.524. The predicted molar refractivity (Wildman–Crippen MR) is 110 cm³/mol. The van der Waals surface area contributed by atoms with Crippen LogP contribution >= 0.6 is 0 Å². The third kappa shape index (κ3) is 8.87. The van der Waals surface area contributed by atoms with Crippen LogP contribution < -0.4 is 16.0 Å². The average molecular weight is 481 g/mol. The smallest absolute Gasteiger partial charge is 0.350 e. The summed E-state index contributed by atoms with van der Waals surface area (Å²) < 4.78 is 78.0. The number of carbonyl (C=O) groups excluding carboxylic acids is 2. The van der Waals surface area contributed by atoms with Gasteiger partial charge in [0.05, 0.1) is 17.7 Å². The van der Waals surface area contributed by atoms with Gasteiger partial charge in [0, 0.05) is 17.1 Å². The Morgan fingerprint density at radius 2 is 1.39 bits per heavy atom. The lowest BCUT2D eigenvalue weighted by molar-refractivity contribution is -0.143. The molecule has 1 aliphatic carbocycles. The third-order valence-corrected chi connectivity index (χ3v) is 5.26. The van der Waals surface area contributed by atoms with Gasteiger partial charge in [-0.15, -0.1) is 0 Å². The summed E-state index contributed by atoms with van der Waals surface area (Å²) in [5.74, 6) is -0.833. The van der Waals surface area contributed by atoms with Gasteiger partial charge < -0.3 is 16.0 Å². The van der Waals surface area contributed by atoms with E-state index in [9.17, 15) is 35.9 Å². The first-order valence-corrected chi connectivity index (χ1v) is 10.7. The number of carbonyl (C=O) groups is 2. The van der Waals surface area contributed by atoms with E-state index in [1.807, 2.05) is 20.8 Å². The summed E-state index contributed by atoms with van der Waals surface area (Å²) in [6.45, 7) is 6.41. The van der Waals surface area contributed by atoms with E-state index in [2.05, 4.69) is 16.0 Å². The second-order valence-electron chi connectivity index (χ2n) is 9.41. The maximum atomic E-state index is 13.0. The normalized spacial score (nSPS) is 19.8.